The Hall–Kier alpha value is -1.31. The minimum absolute atomic E-state index is 0.648. The number of hydrogen-bond acceptors (Lipinski definition) is 2. The molecule has 0 radical (unpaired) electrons. The van der Waals surface area contributed by atoms with Crippen molar-refractivity contribution in [3.8, 4) is 0 Å². The highest BCUT2D eigenvalue weighted by Crippen LogP contribution is 2.30. The Kier molecular flexibility index (Phi) is 4.05. The second-order valence-corrected chi connectivity index (χ2v) is 5.70. The molecule has 0 saturated heterocycles. The lowest BCUT2D eigenvalue weighted by Gasteiger charge is -2.35. The van der Waals surface area contributed by atoms with Gasteiger partial charge in [-0.25, -0.2) is 0 Å². The number of benzene rings is 1. The highest BCUT2D eigenvalue weighted by Gasteiger charge is 2.22. The van der Waals surface area contributed by atoms with Crippen LogP contribution >= 0.6 is 0 Å². The highest BCUT2D eigenvalue weighted by molar-refractivity contribution is 5.78. The molecular weight excluding hydrogens is 222 g/mol. The summed E-state index contributed by atoms with van der Waals surface area (Å²) in [5.41, 5.74) is 3.10. The minimum atomic E-state index is 0.648. The fourth-order valence-electron chi connectivity index (χ4n) is 2.98. The zero-order valence-corrected chi connectivity index (χ0v) is 11.6. The minimum Gasteiger partial charge on any atom is -0.372 e. The molecule has 0 aliphatic heterocycles. The van der Waals surface area contributed by atoms with Gasteiger partial charge in [0, 0.05) is 24.3 Å². The molecule has 0 spiro atoms. The Morgan fingerprint density at radius 3 is 2.72 bits per heavy atom. The molecule has 2 nitrogen and oxygen atoms in total. The van der Waals surface area contributed by atoms with E-state index in [9.17, 15) is 4.79 Å². The standard InChI is InChI=1S/C16H23NO/c1-12-5-4-6-15(9-12)17(3)16-8-7-14(11-18)13(2)10-16/h7-8,10-12,15H,4-6,9H2,1-3H3. The fraction of sp³-hybridized carbons (Fsp3) is 0.562. The highest BCUT2D eigenvalue weighted by atomic mass is 16.1. The zero-order valence-electron chi connectivity index (χ0n) is 11.6. The van der Waals surface area contributed by atoms with Crippen molar-refractivity contribution in [1.82, 2.24) is 0 Å². The maximum atomic E-state index is 10.8. The van der Waals surface area contributed by atoms with Crippen molar-refractivity contribution < 1.29 is 4.79 Å². The predicted octanol–water partition coefficient (Wildman–Crippen LogP) is 3.82. The molecule has 98 valence electrons. The third-order valence-corrected chi connectivity index (χ3v) is 4.24. The normalized spacial score (nSPS) is 23.7. The lowest BCUT2D eigenvalue weighted by Crippen LogP contribution is -2.35. The SMILES string of the molecule is Cc1cc(N(C)C2CCCC(C)C2)ccc1C=O. The van der Waals surface area contributed by atoms with Gasteiger partial charge < -0.3 is 4.90 Å². The quantitative estimate of drug-likeness (QED) is 0.754. The van der Waals surface area contributed by atoms with Crippen molar-refractivity contribution >= 4 is 12.0 Å². The number of aryl methyl sites for hydroxylation is 1. The van der Waals surface area contributed by atoms with Crippen LogP contribution < -0.4 is 4.90 Å². The van der Waals surface area contributed by atoms with Gasteiger partial charge in [-0.3, -0.25) is 4.79 Å². The molecule has 1 aliphatic rings. The number of carbonyl (C=O) groups is 1. The Morgan fingerprint density at radius 2 is 2.11 bits per heavy atom. The smallest absolute Gasteiger partial charge is 0.150 e. The molecule has 18 heavy (non-hydrogen) atoms. The molecule has 2 atom stereocenters. The van der Waals surface area contributed by atoms with Gasteiger partial charge in [-0.05, 0) is 49.4 Å². The lowest BCUT2D eigenvalue weighted by molar-refractivity contribution is 0.112. The Balaban J connectivity index is 2.15. The van der Waals surface area contributed by atoms with Gasteiger partial charge in [0.1, 0.15) is 6.29 Å². The number of carbonyl (C=O) groups excluding carboxylic acids is 1. The summed E-state index contributed by atoms with van der Waals surface area (Å²) in [6, 6.07) is 6.77. The van der Waals surface area contributed by atoms with Gasteiger partial charge in [-0.2, -0.15) is 0 Å². The van der Waals surface area contributed by atoms with Crippen molar-refractivity contribution in [3.05, 3.63) is 29.3 Å². The van der Waals surface area contributed by atoms with Crippen molar-refractivity contribution in [1.29, 1.82) is 0 Å². The van der Waals surface area contributed by atoms with Crippen molar-refractivity contribution in [2.24, 2.45) is 5.92 Å². The van der Waals surface area contributed by atoms with E-state index in [2.05, 4.69) is 31.0 Å². The fourth-order valence-corrected chi connectivity index (χ4v) is 2.98. The molecule has 0 bridgehead atoms. The molecule has 0 aromatic heterocycles. The first kappa shape index (κ1) is 13.1. The third-order valence-electron chi connectivity index (χ3n) is 4.24. The lowest BCUT2D eigenvalue weighted by atomic mass is 9.86. The van der Waals surface area contributed by atoms with Crippen molar-refractivity contribution in [2.75, 3.05) is 11.9 Å². The maximum Gasteiger partial charge on any atom is 0.150 e. The molecule has 1 aromatic carbocycles. The summed E-state index contributed by atoms with van der Waals surface area (Å²) in [7, 11) is 2.18. The molecule has 0 amide bonds. The molecule has 2 heteroatoms. The van der Waals surface area contributed by atoms with Crippen LogP contribution in [0.4, 0.5) is 5.69 Å². The summed E-state index contributed by atoms with van der Waals surface area (Å²) in [6.07, 6.45) is 6.21. The van der Waals surface area contributed by atoms with Gasteiger partial charge >= 0.3 is 0 Å². The average molecular weight is 245 g/mol. The van der Waals surface area contributed by atoms with Crippen LogP contribution in [0.2, 0.25) is 0 Å². The van der Waals surface area contributed by atoms with Gasteiger partial charge in [0.05, 0.1) is 0 Å². The molecule has 0 N–H and O–H groups in total. The number of hydrogen-bond donors (Lipinski definition) is 0. The molecular formula is C16H23NO. The van der Waals surface area contributed by atoms with Crippen LogP contribution in [0.5, 0.6) is 0 Å². The van der Waals surface area contributed by atoms with E-state index in [-0.39, 0.29) is 0 Å². The summed E-state index contributed by atoms with van der Waals surface area (Å²) in [5, 5.41) is 0. The van der Waals surface area contributed by atoms with Crippen LogP contribution in [-0.2, 0) is 0 Å². The first-order valence-electron chi connectivity index (χ1n) is 6.90. The molecule has 1 aliphatic carbocycles. The van der Waals surface area contributed by atoms with Crippen molar-refractivity contribution in [3.63, 3.8) is 0 Å². The Labute approximate surface area is 110 Å². The van der Waals surface area contributed by atoms with E-state index < -0.39 is 0 Å². The predicted molar refractivity (Wildman–Crippen MR) is 76.4 cm³/mol. The molecule has 1 saturated carbocycles. The van der Waals surface area contributed by atoms with Crippen LogP contribution in [0.3, 0.4) is 0 Å². The van der Waals surface area contributed by atoms with Crippen LogP contribution in [0.25, 0.3) is 0 Å². The molecule has 1 aromatic rings. The summed E-state index contributed by atoms with van der Waals surface area (Å²) < 4.78 is 0. The Morgan fingerprint density at radius 1 is 1.33 bits per heavy atom. The summed E-state index contributed by atoms with van der Waals surface area (Å²) in [4.78, 5) is 13.2. The second-order valence-electron chi connectivity index (χ2n) is 5.70. The summed E-state index contributed by atoms with van der Waals surface area (Å²) >= 11 is 0. The van der Waals surface area contributed by atoms with E-state index in [0.29, 0.717) is 6.04 Å². The number of rotatable bonds is 3. The topological polar surface area (TPSA) is 20.3 Å². The van der Waals surface area contributed by atoms with Gasteiger partial charge in [-0.15, -0.1) is 0 Å². The van der Waals surface area contributed by atoms with Crippen LogP contribution in [-0.4, -0.2) is 19.4 Å². The van der Waals surface area contributed by atoms with E-state index in [1.165, 1.54) is 31.4 Å². The molecule has 2 unspecified atom stereocenters. The first-order chi connectivity index (χ1) is 8.61. The van der Waals surface area contributed by atoms with Crippen LogP contribution in [0.15, 0.2) is 18.2 Å². The van der Waals surface area contributed by atoms with E-state index in [0.717, 1.165) is 23.3 Å². The van der Waals surface area contributed by atoms with Gasteiger partial charge in [0.2, 0.25) is 0 Å². The van der Waals surface area contributed by atoms with Gasteiger partial charge in [0.15, 0.2) is 0 Å². The first-order valence-corrected chi connectivity index (χ1v) is 6.90. The van der Waals surface area contributed by atoms with Gasteiger partial charge in [-0.1, -0.05) is 19.8 Å². The number of aldehydes is 1. The third kappa shape index (κ3) is 2.74. The molecule has 1 fully saturated rings. The zero-order chi connectivity index (χ0) is 13.1. The van der Waals surface area contributed by atoms with E-state index in [1.54, 1.807) is 0 Å². The molecule has 2 rings (SSSR count). The van der Waals surface area contributed by atoms with E-state index in [4.69, 9.17) is 0 Å². The van der Waals surface area contributed by atoms with Crippen molar-refractivity contribution in [2.45, 2.75) is 45.6 Å². The van der Waals surface area contributed by atoms with Crippen LogP contribution in [0.1, 0.15) is 48.5 Å². The Bertz CT molecular complexity index is 427. The second kappa shape index (κ2) is 5.55. The van der Waals surface area contributed by atoms with E-state index in [1.807, 2.05) is 13.0 Å². The van der Waals surface area contributed by atoms with Gasteiger partial charge in [0.25, 0.3) is 0 Å². The monoisotopic (exact) mass is 245 g/mol. The summed E-state index contributed by atoms with van der Waals surface area (Å²) in [5.74, 6) is 0.835. The average Bonchev–Trinajstić information content (AvgIpc) is 2.37. The number of nitrogens with zero attached hydrogens (tertiary/aromatic N) is 1. The summed E-state index contributed by atoms with van der Waals surface area (Å²) in [6.45, 7) is 4.35. The maximum absolute atomic E-state index is 10.8. The van der Waals surface area contributed by atoms with Crippen LogP contribution in [0, 0.1) is 12.8 Å². The van der Waals surface area contributed by atoms with E-state index >= 15 is 0 Å². The molecule has 0 heterocycles. The largest absolute Gasteiger partial charge is 0.372 e. The number of anilines is 1.